The lowest BCUT2D eigenvalue weighted by Crippen LogP contribution is -2.33. The summed E-state index contributed by atoms with van der Waals surface area (Å²) in [6, 6.07) is 6.98. The summed E-state index contributed by atoms with van der Waals surface area (Å²) in [4.78, 5) is 0. The van der Waals surface area contributed by atoms with Crippen molar-refractivity contribution in [1.82, 2.24) is 0 Å². The first-order valence-electron chi connectivity index (χ1n) is 6.37. The van der Waals surface area contributed by atoms with Gasteiger partial charge in [0.25, 0.3) is 0 Å². The van der Waals surface area contributed by atoms with Crippen molar-refractivity contribution in [2.24, 2.45) is 0 Å². The highest BCUT2D eigenvalue weighted by atomic mass is 32.2. The van der Waals surface area contributed by atoms with Crippen LogP contribution in [0.4, 0.5) is 11.4 Å². The van der Waals surface area contributed by atoms with Gasteiger partial charge in [0.1, 0.15) is 0 Å². The molecule has 0 aliphatic heterocycles. The molecule has 0 unspecified atom stereocenters. The molecule has 1 aromatic carbocycles. The second kappa shape index (κ2) is 6.64. The van der Waals surface area contributed by atoms with Crippen LogP contribution in [-0.4, -0.2) is 20.7 Å². The highest BCUT2D eigenvalue weighted by molar-refractivity contribution is 7.92. The molecule has 18 heavy (non-hydrogen) atoms. The average Bonchev–Trinajstić information content (AvgIpc) is 2.35. The van der Waals surface area contributed by atoms with Gasteiger partial charge in [-0.05, 0) is 37.1 Å². The summed E-state index contributed by atoms with van der Waals surface area (Å²) in [5.74, 6) is 0.202. The minimum atomic E-state index is -3.22. The van der Waals surface area contributed by atoms with Crippen LogP contribution in [0.2, 0.25) is 0 Å². The van der Waals surface area contributed by atoms with Crippen LogP contribution >= 0.6 is 0 Å². The summed E-state index contributed by atoms with van der Waals surface area (Å²) >= 11 is 0. The van der Waals surface area contributed by atoms with E-state index in [-0.39, 0.29) is 5.75 Å². The number of hydrogen-bond donors (Lipinski definition) is 1. The third-order valence-corrected chi connectivity index (χ3v) is 4.57. The molecule has 4 nitrogen and oxygen atoms in total. The Kier molecular flexibility index (Phi) is 5.47. The average molecular weight is 270 g/mol. The van der Waals surface area contributed by atoms with E-state index in [9.17, 15) is 8.42 Å². The van der Waals surface area contributed by atoms with E-state index in [2.05, 4.69) is 0 Å². The Balaban J connectivity index is 2.98. The molecule has 1 rings (SSSR count). The minimum absolute atomic E-state index is 0.202. The number of sulfonamides is 1. The number of nitrogen functional groups attached to an aromatic ring is 1. The normalized spacial score (nSPS) is 11.4. The summed E-state index contributed by atoms with van der Waals surface area (Å²) in [5, 5.41) is 0. The monoisotopic (exact) mass is 270 g/mol. The van der Waals surface area contributed by atoms with Gasteiger partial charge in [-0.25, -0.2) is 8.42 Å². The summed E-state index contributed by atoms with van der Waals surface area (Å²) in [6.45, 7) is 4.47. The summed E-state index contributed by atoms with van der Waals surface area (Å²) in [5.41, 5.74) is 6.96. The molecule has 0 saturated carbocycles. The molecular weight excluding hydrogens is 248 g/mol. The molecule has 0 aromatic heterocycles. The maximum atomic E-state index is 12.3. The van der Waals surface area contributed by atoms with Crippen molar-refractivity contribution >= 4 is 21.4 Å². The van der Waals surface area contributed by atoms with Crippen molar-refractivity contribution in [1.29, 1.82) is 0 Å². The Hall–Kier alpha value is -1.23. The van der Waals surface area contributed by atoms with E-state index in [1.807, 2.05) is 13.8 Å². The first kappa shape index (κ1) is 14.8. The molecular formula is C13H22N2O2S. The molecule has 2 N–H and O–H groups in total. The molecule has 0 fully saturated rings. The van der Waals surface area contributed by atoms with Gasteiger partial charge in [-0.15, -0.1) is 0 Å². The zero-order chi connectivity index (χ0) is 13.6. The molecule has 0 heterocycles. The van der Waals surface area contributed by atoms with E-state index in [0.29, 0.717) is 24.3 Å². The quantitative estimate of drug-likeness (QED) is 0.775. The largest absolute Gasteiger partial charge is 0.399 e. The number of benzene rings is 1. The second-order valence-corrected chi connectivity index (χ2v) is 6.35. The minimum Gasteiger partial charge on any atom is -0.399 e. The highest BCUT2D eigenvalue weighted by Gasteiger charge is 2.20. The molecule has 5 heteroatoms. The Bertz CT molecular complexity index is 454. The Morgan fingerprint density at radius 3 is 2.22 bits per heavy atom. The van der Waals surface area contributed by atoms with Gasteiger partial charge < -0.3 is 5.73 Å². The first-order valence-corrected chi connectivity index (χ1v) is 7.98. The molecule has 0 amide bonds. The number of hydrogen-bond acceptors (Lipinski definition) is 3. The van der Waals surface area contributed by atoms with E-state index < -0.39 is 10.0 Å². The standard InChI is InChI=1S/C13H22N2O2S/c1-3-5-11-18(16,17)15(10-4-2)13-8-6-12(14)7-9-13/h6-9H,3-5,10-11,14H2,1-2H3. The Morgan fingerprint density at radius 2 is 1.72 bits per heavy atom. The van der Waals surface area contributed by atoms with Crippen molar-refractivity contribution in [3.05, 3.63) is 24.3 Å². The predicted octanol–water partition coefficient (Wildman–Crippen LogP) is 2.62. The first-order chi connectivity index (χ1) is 8.51. The van der Waals surface area contributed by atoms with Gasteiger partial charge in [-0.3, -0.25) is 4.31 Å². The predicted molar refractivity (Wildman–Crippen MR) is 77.2 cm³/mol. The van der Waals surface area contributed by atoms with Crippen LogP contribution in [0, 0.1) is 0 Å². The van der Waals surface area contributed by atoms with E-state index in [1.54, 1.807) is 24.3 Å². The molecule has 0 saturated heterocycles. The van der Waals surface area contributed by atoms with Gasteiger partial charge in [-0.2, -0.15) is 0 Å². The lowest BCUT2D eigenvalue weighted by molar-refractivity contribution is 0.586. The molecule has 0 bridgehead atoms. The van der Waals surface area contributed by atoms with Crippen LogP contribution in [0.1, 0.15) is 33.1 Å². The number of nitrogens with zero attached hydrogens (tertiary/aromatic N) is 1. The summed E-state index contributed by atoms with van der Waals surface area (Å²) in [6.07, 6.45) is 2.36. The lowest BCUT2D eigenvalue weighted by atomic mass is 10.3. The Morgan fingerprint density at radius 1 is 1.11 bits per heavy atom. The molecule has 0 spiro atoms. The summed E-state index contributed by atoms with van der Waals surface area (Å²) in [7, 11) is -3.22. The third kappa shape index (κ3) is 3.91. The third-order valence-electron chi connectivity index (χ3n) is 2.70. The number of rotatable bonds is 7. The molecule has 0 atom stereocenters. The lowest BCUT2D eigenvalue weighted by Gasteiger charge is -2.24. The van der Waals surface area contributed by atoms with Gasteiger partial charge in [-0.1, -0.05) is 20.3 Å². The molecule has 0 aliphatic rings. The van der Waals surface area contributed by atoms with E-state index in [4.69, 9.17) is 5.73 Å². The van der Waals surface area contributed by atoms with Crippen molar-refractivity contribution in [3.63, 3.8) is 0 Å². The Labute approximate surface area is 110 Å². The number of anilines is 2. The smallest absolute Gasteiger partial charge is 0.235 e. The fraction of sp³-hybridized carbons (Fsp3) is 0.538. The molecule has 1 aromatic rings. The van der Waals surface area contributed by atoms with Crippen LogP contribution in [-0.2, 0) is 10.0 Å². The zero-order valence-electron chi connectivity index (χ0n) is 11.1. The van der Waals surface area contributed by atoms with Gasteiger partial charge >= 0.3 is 0 Å². The zero-order valence-corrected chi connectivity index (χ0v) is 11.9. The van der Waals surface area contributed by atoms with Gasteiger partial charge in [0.15, 0.2) is 0 Å². The van der Waals surface area contributed by atoms with E-state index in [1.165, 1.54) is 4.31 Å². The van der Waals surface area contributed by atoms with Crippen molar-refractivity contribution in [3.8, 4) is 0 Å². The summed E-state index contributed by atoms with van der Waals surface area (Å²) < 4.78 is 26.0. The highest BCUT2D eigenvalue weighted by Crippen LogP contribution is 2.21. The van der Waals surface area contributed by atoms with E-state index in [0.717, 1.165) is 12.8 Å². The SMILES string of the molecule is CCCCS(=O)(=O)N(CCC)c1ccc(N)cc1. The molecule has 102 valence electrons. The molecule has 0 radical (unpaired) electrons. The van der Waals surface area contributed by atoms with Crippen LogP contribution in [0.5, 0.6) is 0 Å². The van der Waals surface area contributed by atoms with Crippen LogP contribution in [0.25, 0.3) is 0 Å². The number of unbranched alkanes of at least 4 members (excludes halogenated alkanes) is 1. The van der Waals surface area contributed by atoms with Gasteiger partial charge in [0.2, 0.25) is 10.0 Å². The second-order valence-electron chi connectivity index (χ2n) is 4.33. The van der Waals surface area contributed by atoms with Crippen LogP contribution < -0.4 is 10.0 Å². The van der Waals surface area contributed by atoms with Crippen LogP contribution in [0.3, 0.4) is 0 Å². The van der Waals surface area contributed by atoms with E-state index >= 15 is 0 Å². The van der Waals surface area contributed by atoms with Crippen molar-refractivity contribution < 1.29 is 8.42 Å². The van der Waals surface area contributed by atoms with Gasteiger partial charge in [0, 0.05) is 12.2 Å². The van der Waals surface area contributed by atoms with Crippen LogP contribution in [0.15, 0.2) is 24.3 Å². The maximum absolute atomic E-state index is 12.3. The van der Waals surface area contributed by atoms with Crippen molar-refractivity contribution in [2.45, 2.75) is 33.1 Å². The van der Waals surface area contributed by atoms with Gasteiger partial charge in [0.05, 0.1) is 11.4 Å². The van der Waals surface area contributed by atoms with Crippen molar-refractivity contribution in [2.75, 3.05) is 22.3 Å². The fourth-order valence-corrected chi connectivity index (χ4v) is 3.49. The number of nitrogens with two attached hydrogens (primary N) is 1. The molecule has 0 aliphatic carbocycles. The topological polar surface area (TPSA) is 63.4 Å². The fourth-order valence-electron chi connectivity index (χ4n) is 1.71. The maximum Gasteiger partial charge on any atom is 0.235 e.